The summed E-state index contributed by atoms with van der Waals surface area (Å²) in [5, 5.41) is 11.9. The maximum Gasteiger partial charge on any atom is 0.267 e. The largest absolute Gasteiger partial charge is 0.378 e. The fourth-order valence-corrected chi connectivity index (χ4v) is 1.95. The van der Waals surface area contributed by atoms with E-state index >= 15 is 0 Å². The zero-order valence-corrected chi connectivity index (χ0v) is 11.4. The van der Waals surface area contributed by atoms with Crippen molar-refractivity contribution in [2.45, 2.75) is 6.92 Å². The van der Waals surface area contributed by atoms with Gasteiger partial charge in [-0.25, -0.2) is 0 Å². The fraction of sp³-hybridized carbons (Fsp3) is 0.333. The summed E-state index contributed by atoms with van der Waals surface area (Å²) in [6.07, 6.45) is 1.60. The van der Waals surface area contributed by atoms with Gasteiger partial charge in [-0.2, -0.15) is 5.26 Å². The summed E-state index contributed by atoms with van der Waals surface area (Å²) in [5.41, 5.74) is 1.85. The maximum atomic E-state index is 12.1. The van der Waals surface area contributed by atoms with Crippen LogP contribution in [0.2, 0.25) is 0 Å². The van der Waals surface area contributed by atoms with Crippen molar-refractivity contribution < 1.29 is 9.53 Å². The molecule has 0 radical (unpaired) electrons. The Balaban J connectivity index is 2.05. The predicted octanol–water partition coefficient (Wildman–Crippen LogP) is 1.67. The van der Waals surface area contributed by atoms with E-state index in [2.05, 4.69) is 5.32 Å². The Kier molecular flexibility index (Phi) is 4.75. The Morgan fingerprint density at radius 2 is 2.20 bits per heavy atom. The molecule has 0 atom stereocenters. The molecule has 0 unspecified atom stereocenters. The second kappa shape index (κ2) is 6.73. The number of nitriles is 1. The standard InChI is InChI=1S/C15H17N3O2/c1-12-3-2-4-14(9-12)17-15(19)13(10-16)11-18-5-7-20-8-6-18/h2-4,9,11H,5-8H2,1H3,(H,17,19)/b13-11-. The van der Waals surface area contributed by atoms with Crippen molar-refractivity contribution in [2.75, 3.05) is 31.6 Å². The number of anilines is 1. The van der Waals surface area contributed by atoms with Crippen LogP contribution in [0.25, 0.3) is 0 Å². The van der Waals surface area contributed by atoms with Crippen LogP contribution >= 0.6 is 0 Å². The van der Waals surface area contributed by atoms with E-state index in [1.165, 1.54) is 0 Å². The van der Waals surface area contributed by atoms with Crippen molar-refractivity contribution in [2.24, 2.45) is 0 Å². The van der Waals surface area contributed by atoms with Gasteiger partial charge in [0.2, 0.25) is 0 Å². The van der Waals surface area contributed by atoms with E-state index < -0.39 is 0 Å². The Bertz CT molecular complexity index is 554. The fourth-order valence-electron chi connectivity index (χ4n) is 1.95. The molecule has 0 bridgehead atoms. The molecule has 1 aliphatic heterocycles. The minimum atomic E-state index is -0.385. The normalized spacial score (nSPS) is 15.6. The molecule has 5 heteroatoms. The van der Waals surface area contributed by atoms with Crippen molar-refractivity contribution in [1.29, 1.82) is 5.26 Å². The molecule has 2 rings (SSSR count). The lowest BCUT2D eigenvalue weighted by molar-refractivity contribution is -0.112. The van der Waals surface area contributed by atoms with E-state index in [-0.39, 0.29) is 11.5 Å². The molecule has 0 spiro atoms. The molecular formula is C15H17N3O2. The molecule has 1 aromatic carbocycles. The second-order valence-electron chi connectivity index (χ2n) is 4.63. The van der Waals surface area contributed by atoms with Gasteiger partial charge in [-0.15, -0.1) is 0 Å². The number of carbonyl (C=O) groups is 1. The van der Waals surface area contributed by atoms with E-state index in [0.717, 1.165) is 5.56 Å². The van der Waals surface area contributed by atoms with Crippen molar-refractivity contribution in [1.82, 2.24) is 4.90 Å². The van der Waals surface area contributed by atoms with Gasteiger partial charge in [-0.3, -0.25) is 4.79 Å². The smallest absolute Gasteiger partial charge is 0.267 e. The molecule has 1 saturated heterocycles. The molecule has 1 N–H and O–H groups in total. The van der Waals surface area contributed by atoms with Gasteiger partial charge in [-0.1, -0.05) is 12.1 Å². The molecular weight excluding hydrogens is 254 g/mol. The highest BCUT2D eigenvalue weighted by molar-refractivity contribution is 6.06. The number of nitrogens with one attached hydrogen (secondary N) is 1. The number of morpholine rings is 1. The van der Waals surface area contributed by atoms with Gasteiger partial charge < -0.3 is 15.0 Å². The number of hydrogen-bond acceptors (Lipinski definition) is 4. The van der Waals surface area contributed by atoms with Gasteiger partial charge in [0.05, 0.1) is 13.2 Å². The zero-order valence-electron chi connectivity index (χ0n) is 11.4. The summed E-state index contributed by atoms with van der Waals surface area (Å²) in [5.74, 6) is -0.385. The lowest BCUT2D eigenvalue weighted by Crippen LogP contribution is -2.33. The summed E-state index contributed by atoms with van der Waals surface area (Å²) in [6, 6.07) is 9.43. The van der Waals surface area contributed by atoms with Crippen molar-refractivity contribution >= 4 is 11.6 Å². The van der Waals surface area contributed by atoms with Crippen LogP contribution in [-0.2, 0) is 9.53 Å². The van der Waals surface area contributed by atoms with Gasteiger partial charge in [0.15, 0.2) is 0 Å². The van der Waals surface area contributed by atoms with Gasteiger partial charge in [0, 0.05) is 25.0 Å². The number of aryl methyl sites for hydroxylation is 1. The Morgan fingerprint density at radius 3 is 2.85 bits per heavy atom. The van der Waals surface area contributed by atoms with Crippen LogP contribution in [0, 0.1) is 18.3 Å². The number of ether oxygens (including phenoxy) is 1. The molecule has 1 aliphatic rings. The molecule has 0 aromatic heterocycles. The van der Waals surface area contributed by atoms with Crippen LogP contribution in [0.4, 0.5) is 5.69 Å². The highest BCUT2D eigenvalue weighted by Gasteiger charge is 2.13. The summed E-state index contributed by atoms with van der Waals surface area (Å²) in [6.45, 7) is 4.58. The van der Waals surface area contributed by atoms with Crippen molar-refractivity contribution in [3.05, 3.63) is 41.6 Å². The molecule has 104 valence electrons. The lowest BCUT2D eigenvalue weighted by atomic mass is 10.2. The quantitative estimate of drug-likeness (QED) is 0.671. The molecule has 1 fully saturated rings. The molecule has 0 saturated carbocycles. The van der Waals surface area contributed by atoms with E-state index in [4.69, 9.17) is 10.00 Å². The lowest BCUT2D eigenvalue weighted by Gasteiger charge is -2.25. The molecule has 5 nitrogen and oxygen atoms in total. The maximum absolute atomic E-state index is 12.1. The van der Waals surface area contributed by atoms with E-state index in [1.54, 1.807) is 12.3 Å². The number of hydrogen-bond donors (Lipinski definition) is 1. The van der Waals surface area contributed by atoms with Gasteiger partial charge >= 0.3 is 0 Å². The van der Waals surface area contributed by atoms with Crippen molar-refractivity contribution in [3.63, 3.8) is 0 Å². The Hall–Kier alpha value is -2.32. The van der Waals surface area contributed by atoms with Crippen LogP contribution in [0.5, 0.6) is 0 Å². The van der Waals surface area contributed by atoms with E-state index in [9.17, 15) is 4.79 Å². The summed E-state index contributed by atoms with van der Waals surface area (Å²) in [4.78, 5) is 14.0. The van der Waals surface area contributed by atoms with Gasteiger partial charge in [-0.05, 0) is 24.6 Å². The summed E-state index contributed by atoms with van der Waals surface area (Å²) < 4.78 is 5.23. The third-order valence-electron chi connectivity index (χ3n) is 3.00. The van der Waals surface area contributed by atoms with Crippen LogP contribution in [0.1, 0.15) is 5.56 Å². The minimum Gasteiger partial charge on any atom is -0.378 e. The number of amides is 1. The summed E-state index contributed by atoms with van der Waals surface area (Å²) >= 11 is 0. The van der Waals surface area contributed by atoms with Gasteiger partial charge in [0.1, 0.15) is 11.6 Å². The number of nitrogens with zero attached hydrogens (tertiary/aromatic N) is 2. The SMILES string of the molecule is Cc1cccc(NC(=O)/C(C#N)=C\N2CCOCC2)c1. The molecule has 20 heavy (non-hydrogen) atoms. The van der Waals surface area contributed by atoms with Crippen LogP contribution in [-0.4, -0.2) is 37.1 Å². The van der Waals surface area contributed by atoms with Gasteiger partial charge in [0.25, 0.3) is 5.91 Å². The average molecular weight is 271 g/mol. The topological polar surface area (TPSA) is 65.4 Å². The number of carbonyl (C=O) groups excluding carboxylic acids is 1. The Labute approximate surface area is 118 Å². The number of rotatable bonds is 3. The van der Waals surface area contributed by atoms with Crippen LogP contribution in [0.3, 0.4) is 0 Å². The highest BCUT2D eigenvalue weighted by atomic mass is 16.5. The van der Waals surface area contributed by atoms with Crippen molar-refractivity contribution in [3.8, 4) is 6.07 Å². The summed E-state index contributed by atoms with van der Waals surface area (Å²) in [7, 11) is 0. The molecule has 0 aliphatic carbocycles. The third kappa shape index (κ3) is 3.84. The Morgan fingerprint density at radius 1 is 1.45 bits per heavy atom. The average Bonchev–Trinajstić information content (AvgIpc) is 2.45. The monoisotopic (exact) mass is 271 g/mol. The first-order valence-corrected chi connectivity index (χ1v) is 6.51. The first-order valence-electron chi connectivity index (χ1n) is 6.51. The minimum absolute atomic E-state index is 0.105. The predicted molar refractivity (Wildman–Crippen MR) is 75.9 cm³/mol. The first kappa shape index (κ1) is 14.1. The van der Waals surface area contributed by atoms with E-state index in [0.29, 0.717) is 32.0 Å². The first-order chi connectivity index (χ1) is 9.69. The number of benzene rings is 1. The highest BCUT2D eigenvalue weighted by Crippen LogP contribution is 2.11. The second-order valence-corrected chi connectivity index (χ2v) is 4.63. The van der Waals surface area contributed by atoms with E-state index in [1.807, 2.05) is 36.1 Å². The molecule has 1 heterocycles. The molecule has 1 aromatic rings. The third-order valence-corrected chi connectivity index (χ3v) is 3.00. The van der Waals surface area contributed by atoms with Crippen LogP contribution in [0.15, 0.2) is 36.0 Å². The zero-order chi connectivity index (χ0) is 14.4. The molecule has 1 amide bonds. The van der Waals surface area contributed by atoms with Crippen LogP contribution < -0.4 is 5.32 Å².